The Morgan fingerprint density at radius 3 is 2.36 bits per heavy atom. The van der Waals surface area contributed by atoms with E-state index in [0.29, 0.717) is 12.4 Å². The lowest BCUT2D eigenvalue weighted by molar-refractivity contribution is -0.102. The van der Waals surface area contributed by atoms with Gasteiger partial charge in [-0.2, -0.15) is 13.2 Å². The number of nitrogens with two attached hydrogens (primary N) is 1. The molecule has 0 aromatic rings. The molecule has 0 rings (SSSR count). The van der Waals surface area contributed by atoms with Gasteiger partial charge in [0.15, 0.2) is 6.29 Å². The Morgan fingerprint density at radius 2 is 2.00 bits per heavy atom. The van der Waals surface area contributed by atoms with Crippen molar-refractivity contribution in [2.75, 3.05) is 0 Å². The molecule has 6 heteroatoms. The molecule has 0 heterocycles. The van der Waals surface area contributed by atoms with E-state index >= 15 is 0 Å². The zero-order valence-corrected chi connectivity index (χ0v) is 5.30. The Morgan fingerprint density at radius 1 is 1.45 bits per heavy atom. The van der Waals surface area contributed by atoms with Crippen LogP contribution < -0.4 is 5.73 Å². The summed E-state index contributed by atoms with van der Waals surface area (Å²) in [5.41, 5.74) is 3.16. The molecule has 0 spiro atoms. The summed E-state index contributed by atoms with van der Waals surface area (Å²) >= 11 is 0. The molecule has 0 amide bonds. The van der Waals surface area contributed by atoms with E-state index in [9.17, 15) is 18.0 Å². The minimum atomic E-state index is -4.58. The van der Waals surface area contributed by atoms with E-state index in [4.69, 9.17) is 0 Å². The third-order valence-electron chi connectivity index (χ3n) is 0.688. The summed E-state index contributed by atoms with van der Waals surface area (Å²) in [5.74, 6) is 0. The quantitative estimate of drug-likeness (QED) is 0.482. The molecular weight excluding hydrogens is 161 g/mol. The van der Waals surface area contributed by atoms with Gasteiger partial charge in [-0.1, -0.05) is 0 Å². The van der Waals surface area contributed by atoms with Crippen LogP contribution in [0.25, 0.3) is 0 Å². The number of carbonyl (C=O) groups is 1. The van der Waals surface area contributed by atoms with Crippen molar-refractivity contribution in [3.8, 4) is 0 Å². The fourth-order valence-electron chi connectivity index (χ4n) is 0.232. The monoisotopic (exact) mass is 166 g/mol. The second-order valence-corrected chi connectivity index (χ2v) is 1.52. The van der Waals surface area contributed by atoms with Gasteiger partial charge >= 0.3 is 6.18 Å². The Balaban J connectivity index is 4.23. The van der Waals surface area contributed by atoms with E-state index in [1.807, 2.05) is 0 Å². The molecule has 11 heavy (non-hydrogen) atoms. The normalized spacial score (nSPS) is 13.9. The maximum absolute atomic E-state index is 11.5. The lowest BCUT2D eigenvalue weighted by Crippen LogP contribution is -2.18. The Hall–Kier alpha value is -1.33. The maximum Gasteiger partial charge on any atom is 0.432 e. The van der Waals surface area contributed by atoms with Gasteiger partial charge in [0.2, 0.25) is 0 Å². The topological polar surface area (TPSA) is 55.4 Å². The highest BCUT2D eigenvalue weighted by molar-refractivity contribution is 6.13. The predicted octanol–water partition coefficient (Wildman–Crippen LogP) is 0.619. The summed E-state index contributed by atoms with van der Waals surface area (Å²) in [4.78, 5) is 12.5. The largest absolute Gasteiger partial charge is 0.432 e. The molecule has 0 aliphatic carbocycles. The van der Waals surface area contributed by atoms with E-state index in [0.717, 1.165) is 0 Å². The summed E-state index contributed by atoms with van der Waals surface area (Å²) in [6.07, 6.45) is -3.30. The molecule has 0 radical (unpaired) electrons. The van der Waals surface area contributed by atoms with Gasteiger partial charge < -0.3 is 5.73 Å². The number of alkyl halides is 3. The zero-order chi connectivity index (χ0) is 8.91. The molecule has 0 saturated heterocycles. The molecule has 0 aliphatic heterocycles. The molecule has 0 unspecified atom stereocenters. The lowest BCUT2D eigenvalue weighted by Gasteiger charge is -2.02. The van der Waals surface area contributed by atoms with E-state index in [2.05, 4.69) is 10.7 Å². The third kappa shape index (κ3) is 4.12. The smallest absolute Gasteiger partial charge is 0.393 e. The summed E-state index contributed by atoms with van der Waals surface area (Å²) in [6.45, 7) is 0. The van der Waals surface area contributed by atoms with Crippen molar-refractivity contribution < 1.29 is 18.0 Å². The van der Waals surface area contributed by atoms with Crippen molar-refractivity contribution in [3.63, 3.8) is 0 Å². The highest BCUT2D eigenvalue weighted by Gasteiger charge is 2.31. The second-order valence-electron chi connectivity index (χ2n) is 1.52. The molecule has 3 nitrogen and oxygen atoms in total. The van der Waals surface area contributed by atoms with Gasteiger partial charge in [-0.05, 0) is 0 Å². The van der Waals surface area contributed by atoms with Crippen molar-refractivity contribution in [3.05, 3.63) is 11.9 Å². The Labute approximate surface area is 60.4 Å². The fraction of sp³-hybridized carbons (Fsp3) is 0.200. The van der Waals surface area contributed by atoms with Crippen LogP contribution in [0.2, 0.25) is 0 Å². The first-order chi connectivity index (χ1) is 4.98. The van der Waals surface area contributed by atoms with Gasteiger partial charge in [0.25, 0.3) is 0 Å². The number of halogens is 3. The molecule has 0 aromatic carbocycles. The van der Waals surface area contributed by atoms with Crippen molar-refractivity contribution in [2.24, 2.45) is 10.7 Å². The summed E-state index contributed by atoms with van der Waals surface area (Å²) in [5, 5.41) is 0. The van der Waals surface area contributed by atoms with Crippen LogP contribution in [0, 0.1) is 0 Å². The third-order valence-corrected chi connectivity index (χ3v) is 0.688. The van der Waals surface area contributed by atoms with E-state index in [1.54, 1.807) is 0 Å². The number of hydrogen-bond donors (Lipinski definition) is 1. The van der Waals surface area contributed by atoms with Crippen LogP contribution in [0.3, 0.4) is 0 Å². The predicted molar refractivity (Wildman–Crippen MR) is 32.9 cm³/mol. The summed E-state index contributed by atoms with van der Waals surface area (Å²) < 4.78 is 34.6. The van der Waals surface area contributed by atoms with Crippen LogP contribution in [0.4, 0.5) is 13.2 Å². The van der Waals surface area contributed by atoms with Gasteiger partial charge in [0.1, 0.15) is 5.70 Å². The van der Waals surface area contributed by atoms with Gasteiger partial charge in [-0.15, -0.1) is 0 Å². The van der Waals surface area contributed by atoms with Crippen molar-refractivity contribution >= 4 is 12.5 Å². The van der Waals surface area contributed by atoms with Crippen molar-refractivity contribution in [1.29, 1.82) is 0 Å². The molecule has 62 valence electrons. The molecular formula is C5H5F3N2O. The van der Waals surface area contributed by atoms with Crippen LogP contribution >= 0.6 is 0 Å². The fourth-order valence-corrected chi connectivity index (χ4v) is 0.232. The number of carbonyl (C=O) groups excluding carboxylic acids is 1. The SMILES string of the molecule is N/C(=C\N=CC=O)C(F)(F)F. The molecule has 0 aliphatic rings. The molecule has 2 N–H and O–H groups in total. The van der Waals surface area contributed by atoms with Crippen molar-refractivity contribution in [2.45, 2.75) is 6.18 Å². The molecule has 0 aromatic heterocycles. The summed E-state index contributed by atoms with van der Waals surface area (Å²) in [7, 11) is 0. The van der Waals surface area contributed by atoms with Crippen LogP contribution in [-0.4, -0.2) is 18.7 Å². The molecule has 0 atom stereocenters. The zero-order valence-electron chi connectivity index (χ0n) is 5.30. The first kappa shape index (κ1) is 9.67. The first-order valence-electron chi connectivity index (χ1n) is 2.48. The number of hydrogen-bond acceptors (Lipinski definition) is 3. The van der Waals surface area contributed by atoms with Crippen LogP contribution in [-0.2, 0) is 4.79 Å². The van der Waals surface area contributed by atoms with E-state index in [-0.39, 0.29) is 6.29 Å². The van der Waals surface area contributed by atoms with Crippen LogP contribution in [0.5, 0.6) is 0 Å². The molecule has 0 bridgehead atoms. The van der Waals surface area contributed by atoms with E-state index in [1.165, 1.54) is 0 Å². The standard InChI is InChI=1S/C5H5F3N2O/c6-5(7,8)4(9)3-10-1-2-11/h1-3H,9H2/b4-3-,10-1?. The second kappa shape index (κ2) is 3.75. The molecule has 0 fully saturated rings. The molecule has 0 saturated carbocycles. The number of aliphatic imine (C=N–C) groups is 1. The number of rotatable bonds is 2. The minimum absolute atomic E-state index is 0.250. The average molecular weight is 166 g/mol. The van der Waals surface area contributed by atoms with Crippen molar-refractivity contribution in [1.82, 2.24) is 0 Å². The number of aldehydes is 1. The Bertz CT molecular complexity index is 194. The first-order valence-corrected chi connectivity index (χ1v) is 2.48. The van der Waals surface area contributed by atoms with Gasteiger partial charge in [-0.3, -0.25) is 9.79 Å². The van der Waals surface area contributed by atoms with Gasteiger partial charge in [0.05, 0.1) is 12.4 Å². The average Bonchev–Trinajstić information content (AvgIpc) is 1.86. The van der Waals surface area contributed by atoms with Crippen LogP contribution in [0.1, 0.15) is 0 Å². The minimum Gasteiger partial charge on any atom is -0.393 e. The van der Waals surface area contributed by atoms with Crippen LogP contribution in [0.15, 0.2) is 16.9 Å². The van der Waals surface area contributed by atoms with Gasteiger partial charge in [0, 0.05) is 0 Å². The lowest BCUT2D eigenvalue weighted by atomic mass is 10.5. The summed E-state index contributed by atoms with van der Waals surface area (Å²) in [6, 6.07) is 0. The Kier molecular flexibility index (Phi) is 3.29. The maximum atomic E-state index is 11.5. The highest BCUT2D eigenvalue weighted by atomic mass is 19.4. The van der Waals surface area contributed by atoms with Gasteiger partial charge in [-0.25, -0.2) is 0 Å². The van der Waals surface area contributed by atoms with E-state index < -0.39 is 11.9 Å². The number of nitrogens with zero attached hydrogens (tertiary/aromatic N) is 1. The highest BCUT2D eigenvalue weighted by Crippen LogP contribution is 2.20. The number of allylic oxidation sites excluding steroid dienone is 1.